The summed E-state index contributed by atoms with van der Waals surface area (Å²) in [5.41, 5.74) is 1.90. The van der Waals surface area contributed by atoms with Crippen LogP contribution in [0.3, 0.4) is 0 Å². The van der Waals surface area contributed by atoms with Gasteiger partial charge in [-0.2, -0.15) is 0 Å². The van der Waals surface area contributed by atoms with Gasteiger partial charge in [0.15, 0.2) is 11.5 Å². The van der Waals surface area contributed by atoms with Crippen LogP contribution >= 0.6 is 0 Å². The van der Waals surface area contributed by atoms with Crippen molar-refractivity contribution in [1.82, 2.24) is 0 Å². The van der Waals surface area contributed by atoms with Crippen LogP contribution in [-0.2, 0) is 10.8 Å². The summed E-state index contributed by atoms with van der Waals surface area (Å²) in [6, 6.07) is 9.33. The van der Waals surface area contributed by atoms with Crippen LogP contribution in [0.1, 0.15) is 11.1 Å². The molecule has 0 N–H and O–H groups in total. The van der Waals surface area contributed by atoms with E-state index < -0.39 is 10.8 Å². The number of hydrogen-bond donors (Lipinski definition) is 0. The molecule has 118 valence electrons. The zero-order valence-corrected chi connectivity index (χ0v) is 14.2. The van der Waals surface area contributed by atoms with Crippen LogP contribution in [0.2, 0.25) is 0 Å². The van der Waals surface area contributed by atoms with Crippen LogP contribution in [0.25, 0.3) is 0 Å². The molecular formula is C17H20O4S. The molecule has 2 rings (SSSR count). The molecule has 0 fully saturated rings. The van der Waals surface area contributed by atoms with Crippen LogP contribution in [0, 0.1) is 13.8 Å². The molecule has 4 nitrogen and oxygen atoms in total. The Hall–Kier alpha value is -2.01. The number of ether oxygens (including phenoxy) is 3. The van der Waals surface area contributed by atoms with E-state index in [2.05, 4.69) is 0 Å². The van der Waals surface area contributed by atoms with Crippen LogP contribution in [0.4, 0.5) is 0 Å². The van der Waals surface area contributed by atoms with Gasteiger partial charge in [0.2, 0.25) is 0 Å². The Labute approximate surface area is 133 Å². The normalized spacial score (nSPS) is 11.9. The highest BCUT2D eigenvalue weighted by Gasteiger charge is 2.23. The predicted octanol–water partition coefficient (Wildman–Crippen LogP) is 3.50. The largest absolute Gasteiger partial charge is 0.496 e. The summed E-state index contributed by atoms with van der Waals surface area (Å²) in [5.74, 6) is 1.59. The lowest BCUT2D eigenvalue weighted by Gasteiger charge is -2.17. The number of methoxy groups -OCH3 is 3. The van der Waals surface area contributed by atoms with Gasteiger partial charge in [0, 0.05) is 16.5 Å². The van der Waals surface area contributed by atoms with Gasteiger partial charge < -0.3 is 14.2 Å². The molecule has 1 atom stereocenters. The molecule has 5 heteroatoms. The van der Waals surface area contributed by atoms with Crippen molar-refractivity contribution >= 4 is 10.8 Å². The van der Waals surface area contributed by atoms with Crippen LogP contribution in [-0.4, -0.2) is 25.5 Å². The molecule has 2 aromatic rings. The molecule has 0 saturated heterocycles. The van der Waals surface area contributed by atoms with Crippen molar-refractivity contribution in [2.45, 2.75) is 23.6 Å². The van der Waals surface area contributed by atoms with Crippen molar-refractivity contribution in [3.63, 3.8) is 0 Å². The maximum Gasteiger partial charge on any atom is 0.177 e. The van der Waals surface area contributed by atoms with E-state index in [1.165, 1.54) is 0 Å². The third-order valence-electron chi connectivity index (χ3n) is 3.47. The van der Waals surface area contributed by atoms with E-state index in [1.54, 1.807) is 27.4 Å². The van der Waals surface area contributed by atoms with Gasteiger partial charge in [-0.15, -0.1) is 0 Å². The van der Waals surface area contributed by atoms with Crippen molar-refractivity contribution in [3.05, 3.63) is 41.5 Å². The fourth-order valence-corrected chi connectivity index (χ4v) is 3.60. The SMILES string of the molecule is COc1cc(OC)c(OC)c([S@@](=O)c2ccc(C)cc2)c1C. The highest BCUT2D eigenvalue weighted by molar-refractivity contribution is 7.85. The first-order valence-corrected chi connectivity index (χ1v) is 7.96. The molecule has 0 saturated carbocycles. The molecule has 0 aliphatic rings. The molecule has 0 aliphatic carbocycles. The van der Waals surface area contributed by atoms with E-state index in [4.69, 9.17) is 14.2 Å². The smallest absolute Gasteiger partial charge is 0.177 e. The molecule has 0 aliphatic heterocycles. The molecule has 0 radical (unpaired) electrons. The lowest BCUT2D eigenvalue weighted by atomic mass is 10.2. The standard InChI is InChI=1S/C17H20O4S/c1-11-6-8-13(9-7-11)22(18)17-12(2)14(19-3)10-15(20-4)16(17)21-5/h6-10H,1-5H3/t22-/m0/s1. The zero-order chi connectivity index (χ0) is 16.3. The van der Waals surface area contributed by atoms with Crippen molar-refractivity contribution in [1.29, 1.82) is 0 Å². The van der Waals surface area contributed by atoms with Gasteiger partial charge >= 0.3 is 0 Å². The van der Waals surface area contributed by atoms with Gasteiger partial charge in [0.1, 0.15) is 5.75 Å². The van der Waals surface area contributed by atoms with Crippen molar-refractivity contribution < 1.29 is 18.4 Å². The Kier molecular flexibility index (Phi) is 5.08. The van der Waals surface area contributed by atoms with Crippen LogP contribution < -0.4 is 14.2 Å². The third kappa shape index (κ3) is 2.95. The minimum absolute atomic E-state index is 0.472. The Balaban J connectivity index is 2.66. The van der Waals surface area contributed by atoms with Crippen LogP contribution in [0.5, 0.6) is 17.2 Å². The Morgan fingerprint density at radius 2 is 1.45 bits per heavy atom. The first kappa shape index (κ1) is 16.4. The van der Waals surface area contributed by atoms with Gasteiger partial charge in [0.25, 0.3) is 0 Å². The number of hydrogen-bond acceptors (Lipinski definition) is 4. The maximum absolute atomic E-state index is 13.0. The van der Waals surface area contributed by atoms with Gasteiger partial charge in [-0.1, -0.05) is 17.7 Å². The lowest BCUT2D eigenvalue weighted by molar-refractivity contribution is 0.339. The van der Waals surface area contributed by atoms with Gasteiger partial charge in [0.05, 0.1) is 37.0 Å². The second-order valence-corrected chi connectivity index (χ2v) is 6.27. The van der Waals surface area contributed by atoms with E-state index in [9.17, 15) is 4.21 Å². The molecular weight excluding hydrogens is 300 g/mol. The van der Waals surface area contributed by atoms with Crippen molar-refractivity contribution in [3.8, 4) is 17.2 Å². The Bertz CT molecular complexity index is 693. The van der Waals surface area contributed by atoms with Crippen LogP contribution in [0.15, 0.2) is 40.1 Å². The fourth-order valence-electron chi connectivity index (χ4n) is 2.25. The second kappa shape index (κ2) is 6.83. The number of benzene rings is 2. The molecule has 0 bridgehead atoms. The molecule has 2 aromatic carbocycles. The van der Waals surface area contributed by atoms with Crippen molar-refractivity contribution in [2.24, 2.45) is 0 Å². The number of aryl methyl sites for hydroxylation is 1. The fraction of sp³-hybridized carbons (Fsp3) is 0.294. The topological polar surface area (TPSA) is 44.8 Å². The Morgan fingerprint density at radius 3 is 1.95 bits per heavy atom. The summed E-state index contributed by atoms with van der Waals surface area (Å²) < 4.78 is 29.2. The molecule has 22 heavy (non-hydrogen) atoms. The highest BCUT2D eigenvalue weighted by atomic mass is 32.2. The highest BCUT2D eigenvalue weighted by Crippen LogP contribution is 2.42. The zero-order valence-electron chi connectivity index (χ0n) is 13.4. The van der Waals surface area contributed by atoms with E-state index >= 15 is 0 Å². The molecule has 0 amide bonds. The third-order valence-corrected chi connectivity index (χ3v) is 5.03. The van der Waals surface area contributed by atoms with E-state index in [0.29, 0.717) is 27.0 Å². The Morgan fingerprint density at radius 1 is 0.864 bits per heavy atom. The minimum Gasteiger partial charge on any atom is -0.496 e. The lowest BCUT2D eigenvalue weighted by Crippen LogP contribution is -2.04. The predicted molar refractivity (Wildman–Crippen MR) is 86.7 cm³/mol. The summed E-state index contributed by atoms with van der Waals surface area (Å²) >= 11 is 0. The second-order valence-electron chi connectivity index (χ2n) is 4.85. The molecule has 0 heterocycles. The first-order valence-electron chi connectivity index (χ1n) is 6.81. The van der Waals surface area contributed by atoms with Crippen molar-refractivity contribution in [2.75, 3.05) is 21.3 Å². The average molecular weight is 320 g/mol. The quantitative estimate of drug-likeness (QED) is 0.846. The summed E-state index contributed by atoms with van der Waals surface area (Å²) in [5, 5.41) is 0. The average Bonchev–Trinajstić information content (AvgIpc) is 2.54. The van der Waals surface area contributed by atoms with E-state index in [-0.39, 0.29) is 0 Å². The van der Waals surface area contributed by atoms with E-state index in [1.807, 2.05) is 38.1 Å². The summed E-state index contributed by atoms with van der Waals surface area (Å²) in [7, 11) is 3.28. The number of rotatable bonds is 5. The van der Waals surface area contributed by atoms with Gasteiger partial charge in [-0.05, 0) is 26.0 Å². The molecule has 0 aromatic heterocycles. The monoisotopic (exact) mass is 320 g/mol. The summed E-state index contributed by atoms with van der Waals surface area (Å²) in [6.45, 7) is 3.86. The maximum atomic E-state index is 13.0. The molecule has 0 spiro atoms. The minimum atomic E-state index is -1.39. The first-order chi connectivity index (χ1) is 10.5. The van der Waals surface area contributed by atoms with Gasteiger partial charge in [-0.25, -0.2) is 4.21 Å². The summed E-state index contributed by atoms with van der Waals surface area (Å²) in [4.78, 5) is 1.28. The summed E-state index contributed by atoms with van der Waals surface area (Å²) in [6.07, 6.45) is 0. The molecule has 0 unspecified atom stereocenters. The van der Waals surface area contributed by atoms with Gasteiger partial charge in [-0.3, -0.25) is 0 Å². The van der Waals surface area contributed by atoms with E-state index in [0.717, 1.165) is 11.1 Å².